The molecule has 0 amide bonds. The Labute approximate surface area is 83.9 Å². The third-order valence-corrected chi connectivity index (χ3v) is 3.77. The molecule has 14 heavy (non-hydrogen) atoms. The van der Waals surface area contributed by atoms with Crippen LogP contribution in [0.15, 0.2) is 10.6 Å². The Morgan fingerprint density at radius 1 is 1.57 bits per heavy atom. The molecule has 0 spiro atoms. The Morgan fingerprint density at radius 3 is 2.93 bits per heavy atom. The van der Waals surface area contributed by atoms with Gasteiger partial charge in [-0.2, -0.15) is 0 Å². The van der Waals surface area contributed by atoms with Gasteiger partial charge in [-0.25, -0.2) is 0 Å². The number of nitrogens with zero attached hydrogens (tertiary/aromatic N) is 1. The van der Waals surface area contributed by atoms with Crippen molar-refractivity contribution in [1.82, 2.24) is 10.5 Å². The molecule has 0 radical (unpaired) electrons. The quantitative estimate of drug-likeness (QED) is 0.773. The molecule has 1 N–H and O–H groups in total. The van der Waals surface area contributed by atoms with Crippen molar-refractivity contribution in [2.45, 2.75) is 31.6 Å². The van der Waals surface area contributed by atoms with Crippen molar-refractivity contribution >= 4 is 0 Å². The zero-order valence-electron chi connectivity index (χ0n) is 8.55. The van der Waals surface area contributed by atoms with Crippen molar-refractivity contribution < 1.29 is 4.52 Å². The van der Waals surface area contributed by atoms with E-state index in [1.54, 1.807) is 0 Å². The summed E-state index contributed by atoms with van der Waals surface area (Å²) in [6, 6.07) is 2.12. The smallest absolute Gasteiger partial charge is 0.133 e. The zero-order valence-corrected chi connectivity index (χ0v) is 8.55. The van der Waals surface area contributed by atoms with Crippen molar-refractivity contribution in [2.75, 3.05) is 13.1 Å². The lowest BCUT2D eigenvalue weighted by Gasteiger charge is -2.18. The molecule has 1 saturated heterocycles. The first kappa shape index (κ1) is 8.48. The molecule has 1 aliphatic heterocycles. The molecule has 2 heterocycles. The van der Waals surface area contributed by atoms with Crippen LogP contribution in [0.5, 0.6) is 0 Å². The molecule has 1 aromatic heterocycles. The first-order valence-corrected chi connectivity index (χ1v) is 5.46. The summed E-state index contributed by atoms with van der Waals surface area (Å²) in [6.07, 6.45) is 3.89. The molecule has 3 heteroatoms. The van der Waals surface area contributed by atoms with E-state index in [2.05, 4.69) is 16.5 Å². The van der Waals surface area contributed by atoms with Gasteiger partial charge >= 0.3 is 0 Å². The number of rotatable bonds is 2. The Morgan fingerprint density at radius 2 is 2.43 bits per heavy atom. The van der Waals surface area contributed by atoms with E-state index in [1.807, 2.05) is 6.92 Å². The summed E-state index contributed by atoms with van der Waals surface area (Å²) < 4.78 is 5.18. The minimum absolute atomic E-state index is 0.376. The number of nitrogens with one attached hydrogen (secondary N) is 1. The maximum Gasteiger partial charge on any atom is 0.133 e. The molecule has 3 nitrogen and oxygen atoms in total. The van der Waals surface area contributed by atoms with E-state index in [-0.39, 0.29) is 0 Å². The highest BCUT2D eigenvalue weighted by atomic mass is 16.5. The van der Waals surface area contributed by atoms with Crippen molar-refractivity contribution in [3.63, 3.8) is 0 Å². The van der Waals surface area contributed by atoms with Gasteiger partial charge in [-0.1, -0.05) is 5.16 Å². The maximum atomic E-state index is 5.18. The van der Waals surface area contributed by atoms with Gasteiger partial charge in [-0.3, -0.25) is 0 Å². The van der Waals surface area contributed by atoms with Crippen molar-refractivity contribution in [3.05, 3.63) is 17.5 Å². The highest BCUT2D eigenvalue weighted by molar-refractivity contribution is 5.27. The fourth-order valence-corrected chi connectivity index (χ4v) is 2.74. The molecule has 2 aliphatic rings. The van der Waals surface area contributed by atoms with Crippen LogP contribution < -0.4 is 5.32 Å². The third-order valence-electron chi connectivity index (χ3n) is 3.77. The molecule has 3 rings (SSSR count). The van der Waals surface area contributed by atoms with E-state index in [1.165, 1.54) is 31.5 Å². The van der Waals surface area contributed by atoms with Crippen LogP contribution >= 0.6 is 0 Å². The van der Waals surface area contributed by atoms with Gasteiger partial charge in [-0.05, 0) is 45.2 Å². The summed E-state index contributed by atoms with van der Waals surface area (Å²) in [4.78, 5) is 0. The summed E-state index contributed by atoms with van der Waals surface area (Å²) in [5, 5.41) is 7.63. The predicted molar refractivity (Wildman–Crippen MR) is 53.1 cm³/mol. The standard InChI is InChI=1S/C11H16N2O/c1-8-6-10(13-14-8)11(3-4-11)9-2-5-12-7-9/h6,9,12H,2-5,7H2,1H3. The van der Waals surface area contributed by atoms with E-state index < -0.39 is 0 Å². The van der Waals surface area contributed by atoms with Gasteiger partial charge in [0.25, 0.3) is 0 Å². The van der Waals surface area contributed by atoms with Gasteiger partial charge in [0.2, 0.25) is 0 Å². The first-order valence-electron chi connectivity index (χ1n) is 5.46. The van der Waals surface area contributed by atoms with E-state index >= 15 is 0 Å². The lowest BCUT2D eigenvalue weighted by molar-refractivity contribution is 0.359. The topological polar surface area (TPSA) is 38.1 Å². The van der Waals surface area contributed by atoms with Crippen molar-refractivity contribution in [2.24, 2.45) is 5.92 Å². The minimum Gasteiger partial charge on any atom is -0.361 e. The summed E-state index contributed by atoms with van der Waals surface area (Å²) in [5.41, 5.74) is 1.57. The van der Waals surface area contributed by atoms with E-state index in [9.17, 15) is 0 Å². The normalized spacial score (nSPS) is 29.4. The maximum absolute atomic E-state index is 5.18. The summed E-state index contributed by atoms with van der Waals surface area (Å²) in [6.45, 7) is 4.30. The van der Waals surface area contributed by atoms with Crippen molar-refractivity contribution in [3.8, 4) is 0 Å². The fourth-order valence-electron chi connectivity index (χ4n) is 2.74. The monoisotopic (exact) mass is 192 g/mol. The van der Waals surface area contributed by atoms with Gasteiger partial charge in [0.15, 0.2) is 0 Å². The SMILES string of the molecule is Cc1cc(C2(C3CCNC3)CC2)no1. The van der Waals surface area contributed by atoms with Crippen LogP contribution in [0.2, 0.25) is 0 Å². The molecular formula is C11H16N2O. The molecule has 1 aromatic rings. The predicted octanol–water partition coefficient (Wildman–Crippen LogP) is 1.62. The number of hydrogen-bond acceptors (Lipinski definition) is 3. The Hall–Kier alpha value is -0.830. The lowest BCUT2D eigenvalue weighted by Crippen LogP contribution is -2.23. The second-order valence-corrected chi connectivity index (χ2v) is 4.67. The minimum atomic E-state index is 0.376. The van der Waals surface area contributed by atoms with Gasteiger partial charge < -0.3 is 9.84 Å². The van der Waals surface area contributed by atoms with Gasteiger partial charge in [0.1, 0.15) is 5.76 Å². The fraction of sp³-hybridized carbons (Fsp3) is 0.727. The van der Waals surface area contributed by atoms with E-state index in [0.29, 0.717) is 5.41 Å². The Kier molecular flexibility index (Phi) is 1.71. The summed E-state index contributed by atoms with van der Waals surface area (Å²) in [5.74, 6) is 1.73. The van der Waals surface area contributed by atoms with Crippen LogP contribution in [0.3, 0.4) is 0 Å². The molecule has 2 fully saturated rings. The second kappa shape index (κ2) is 2.83. The highest BCUT2D eigenvalue weighted by Gasteiger charge is 2.53. The summed E-state index contributed by atoms with van der Waals surface area (Å²) in [7, 11) is 0. The van der Waals surface area contributed by atoms with Crippen LogP contribution in [0.1, 0.15) is 30.7 Å². The van der Waals surface area contributed by atoms with E-state index in [0.717, 1.165) is 18.2 Å². The Bertz CT molecular complexity index is 335. The molecule has 1 atom stereocenters. The van der Waals surface area contributed by atoms with E-state index in [4.69, 9.17) is 4.52 Å². The Balaban J connectivity index is 1.89. The third kappa shape index (κ3) is 1.12. The zero-order chi connectivity index (χ0) is 9.60. The second-order valence-electron chi connectivity index (χ2n) is 4.67. The van der Waals surface area contributed by atoms with Crippen LogP contribution in [0.4, 0.5) is 0 Å². The van der Waals surface area contributed by atoms with Crippen LogP contribution in [-0.4, -0.2) is 18.2 Å². The first-order chi connectivity index (χ1) is 6.81. The number of aromatic nitrogens is 1. The number of aryl methyl sites for hydroxylation is 1. The molecule has 1 saturated carbocycles. The molecule has 1 aliphatic carbocycles. The van der Waals surface area contributed by atoms with Crippen LogP contribution in [-0.2, 0) is 5.41 Å². The molecule has 0 bridgehead atoms. The molecule has 1 unspecified atom stereocenters. The van der Waals surface area contributed by atoms with Gasteiger partial charge in [0, 0.05) is 11.5 Å². The van der Waals surface area contributed by atoms with Gasteiger partial charge in [0.05, 0.1) is 5.69 Å². The van der Waals surface area contributed by atoms with Crippen molar-refractivity contribution in [1.29, 1.82) is 0 Å². The highest BCUT2D eigenvalue weighted by Crippen LogP contribution is 2.55. The largest absolute Gasteiger partial charge is 0.361 e. The van der Waals surface area contributed by atoms with Crippen LogP contribution in [0, 0.1) is 12.8 Å². The van der Waals surface area contributed by atoms with Crippen LogP contribution in [0.25, 0.3) is 0 Å². The summed E-state index contributed by atoms with van der Waals surface area (Å²) >= 11 is 0. The average Bonchev–Trinajstić information content (AvgIpc) is 2.68. The molecule has 76 valence electrons. The number of hydrogen-bond donors (Lipinski definition) is 1. The average molecular weight is 192 g/mol. The lowest BCUT2D eigenvalue weighted by atomic mass is 9.85. The molecule has 0 aromatic carbocycles. The molecular weight excluding hydrogens is 176 g/mol. The van der Waals surface area contributed by atoms with Gasteiger partial charge in [-0.15, -0.1) is 0 Å².